The zero-order chi connectivity index (χ0) is 15.8. The van der Waals surface area contributed by atoms with Crippen LogP contribution in [0.15, 0.2) is 29.6 Å². The van der Waals surface area contributed by atoms with Crippen molar-refractivity contribution in [2.45, 2.75) is 26.3 Å². The largest absolute Gasteiger partial charge is 0.356 e. The number of rotatable bonds is 2. The molecule has 1 atom stereocenters. The third-order valence-electron chi connectivity index (χ3n) is 4.85. The number of hydrogen-bond acceptors (Lipinski definition) is 4. The third-order valence-corrected chi connectivity index (χ3v) is 5.88. The number of amides is 1. The summed E-state index contributed by atoms with van der Waals surface area (Å²) in [4.78, 5) is 23.2. The van der Waals surface area contributed by atoms with E-state index in [0.29, 0.717) is 5.91 Å². The van der Waals surface area contributed by atoms with Crippen LogP contribution in [0.5, 0.6) is 0 Å². The van der Waals surface area contributed by atoms with Crippen molar-refractivity contribution in [2.24, 2.45) is 5.92 Å². The summed E-state index contributed by atoms with van der Waals surface area (Å²) < 4.78 is 0. The Kier molecular flexibility index (Phi) is 3.81. The molecule has 120 valence electrons. The molecule has 5 heteroatoms. The second-order valence-electron chi connectivity index (χ2n) is 6.45. The first kappa shape index (κ1) is 14.7. The molecule has 2 aliphatic heterocycles. The van der Waals surface area contributed by atoms with E-state index in [9.17, 15) is 4.79 Å². The Bertz CT molecular complexity index is 727. The highest BCUT2D eigenvalue weighted by Gasteiger charge is 2.33. The first-order valence-electron chi connectivity index (χ1n) is 8.23. The van der Waals surface area contributed by atoms with Gasteiger partial charge in [-0.05, 0) is 48.9 Å². The Balaban J connectivity index is 1.43. The number of nitrogens with zero attached hydrogens (tertiary/aromatic N) is 3. The van der Waals surface area contributed by atoms with Crippen LogP contribution in [0.1, 0.15) is 22.6 Å². The maximum atomic E-state index is 12.9. The van der Waals surface area contributed by atoms with Crippen LogP contribution in [0.3, 0.4) is 0 Å². The Hall–Kier alpha value is -1.88. The number of carbonyl (C=O) groups is 1. The lowest BCUT2D eigenvalue weighted by molar-refractivity contribution is -0.135. The van der Waals surface area contributed by atoms with Gasteiger partial charge in [0.2, 0.25) is 5.91 Å². The molecule has 0 N–H and O–H groups in total. The lowest BCUT2D eigenvalue weighted by atomic mass is 10.0. The maximum absolute atomic E-state index is 12.9. The SMILES string of the molecule is Cc1cccc(N2CCC(C(=O)N3CCc4sccc4C3)C2)n1. The van der Waals surface area contributed by atoms with Crippen molar-refractivity contribution in [1.82, 2.24) is 9.88 Å². The third kappa shape index (κ3) is 2.85. The van der Waals surface area contributed by atoms with Crippen LogP contribution >= 0.6 is 11.3 Å². The van der Waals surface area contributed by atoms with E-state index in [-0.39, 0.29) is 5.92 Å². The predicted octanol–water partition coefficient (Wildman–Crippen LogP) is 2.86. The highest BCUT2D eigenvalue weighted by atomic mass is 32.1. The van der Waals surface area contributed by atoms with Crippen molar-refractivity contribution < 1.29 is 4.79 Å². The van der Waals surface area contributed by atoms with Gasteiger partial charge in [0.1, 0.15) is 5.82 Å². The van der Waals surface area contributed by atoms with Crippen LogP contribution < -0.4 is 4.90 Å². The molecule has 0 spiro atoms. The van der Waals surface area contributed by atoms with Crippen molar-refractivity contribution in [3.8, 4) is 0 Å². The van der Waals surface area contributed by atoms with Crippen LogP contribution in [0.25, 0.3) is 0 Å². The quantitative estimate of drug-likeness (QED) is 0.851. The summed E-state index contributed by atoms with van der Waals surface area (Å²) in [5.41, 5.74) is 2.36. The van der Waals surface area contributed by atoms with Gasteiger partial charge in [-0.15, -0.1) is 11.3 Å². The number of carbonyl (C=O) groups excluding carboxylic acids is 1. The molecule has 4 heterocycles. The van der Waals surface area contributed by atoms with Crippen LogP contribution in [0.2, 0.25) is 0 Å². The Morgan fingerprint density at radius 1 is 1.30 bits per heavy atom. The van der Waals surface area contributed by atoms with E-state index < -0.39 is 0 Å². The summed E-state index contributed by atoms with van der Waals surface area (Å²) in [6.07, 6.45) is 1.94. The van der Waals surface area contributed by atoms with Gasteiger partial charge < -0.3 is 9.80 Å². The van der Waals surface area contributed by atoms with Crippen molar-refractivity contribution in [3.63, 3.8) is 0 Å². The van der Waals surface area contributed by atoms with Gasteiger partial charge >= 0.3 is 0 Å². The van der Waals surface area contributed by atoms with Crippen molar-refractivity contribution >= 4 is 23.1 Å². The van der Waals surface area contributed by atoms with Gasteiger partial charge in [-0.3, -0.25) is 4.79 Å². The van der Waals surface area contributed by atoms with E-state index in [0.717, 1.165) is 50.5 Å². The maximum Gasteiger partial charge on any atom is 0.227 e. The summed E-state index contributed by atoms with van der Waals surface area (Å²) in [7, 11) is 0. The topological polar surface area (TPSA) is 36.4 Å². The molecule has 23 heavy (non-hydrogen) atoms. The molecule has 1 unspecified atom stereocenters. The summed E-state index contributed by atoms with van der Waals surface area (Å²) in [6.45, 7) is 5.38. The van der Waals surface area contributed by atoms with Gasteiger partial charge in [-0.1, -0.05) is 6.07 Å². The van der Waals surface area contributed by atoms with E-state index >= 15 is 0 Å². The lowest BCUT2D eigenvalue weighted by Gasteiger charge is -2.29. The van der Waals surface area contributed by atoms with Crippen LogP contribution in [-0.4, -0.2) is 35.4 Å². The van der Waals surface area contributed by atoms with E-state index in [1.165, 1.54) is 10.4 Å². The first-order valence-corrected chi connectivity index (χ1v) is 9.11. The van der Waals surface area contributed by atoms with E-state index in [1.807, 2.05) is 41.4 Å². The van der Waals surface area contributed by atoms with Crippen LogP contribution in [-0.2, 0) is 17.8 Å². The zero-order valence-corrected chi connectivity index (χ0v) is 14.2. The number of aromatic nitrogens is 1. The smallest absolute Gasteiger partial charge is 0.227 e. The highest BCUT2D eigenvalue weighted by Crippen LogP contribution is 2.28. The average Bonchev–Trinajstić information content (AvgIpc) is 3.22. The minimum absolute atomic E-state index is 0.109. The number of fused-ring (bicyclic) bond motifs is 1. The summed E-state index contributed by atoms with van der Waals surface area (Å²) in [6, 6.07) is 8.25. The zero-order valence-electron chi connectivity index (χ0n) is 13.4. The molecule has 1 amide bonds. The first-order chi connectivity index (χ1) is 11.2. The van der Waals surface area contributed by atoms with Crippen molar-refractivity contribution in [2.75, 3.05) is 24.5 Å². The van der Waals surface area contributed by atoms with Crippen molar-refractivity contribution in [1.29, 1.82) is 0 Å². The molecular weight excluding hydrogens is 306 g/mol. The van der Waals surface area contributed by atoms with E-state index in [2.05, 4.69) is 21.3 Å². The van der Waals surface area contributed by atoms with Crippen LogP contribution in [0.4, 0.5) is 5.82 Å². The number of anilines is 1. The predicted molar refractivity (Wildman–Crippen MR) is 92.7 cm³/mol. The van der Waals surface area contributed by atoms with E-state index in [4.69, 9.17) is 0 Å². The minimum atomic E-state index is 0.109. The molecule has 4 rings (SSSR count). The van der Waals surface area contributed by atoms with Crippen LogP contribution in [0, 0.1) is 12.8 Å². The Morgan fingerprint density at radius 3 is 3.09 bits per heavy atom. The van der Waals surface area contributed by atoms with E-state index in [1.54, 1.807) is 0 Å². The average molecular weight is 327 g/mol. The molecular formula is C18H21N3OS. The molecule has 2 aromatic heterocycles. The molecule has 0 saturated carbocycles. The summed E-state index contributed by atoms with van der Waals surface area (Å²) >= 11 is 1.82. The molecule has 0 aromatic carbocycles. The summed E-state index contributed by atoms with van der Waals surface area (Å²) in [5.74, 6) is 1.42. The van der Waals surface area contributed by atoms with Gasteiger partial charge in [0, 0.05) is 36.8 Å². The standard InChI is InChI=1S/C18H21N3OS/c1-13-3-2-4-17(19-13)20-8-5-15(12-20)18(22)21-9-6-16-14(11-21)7-10-23-16/h2-4,7,10,15H,5-6,8-9,11-12H2,1H3. The summed E-state index contributed by atoms with van der Waals surface area (Å²) in [5, 5.41) is 2.14. The number of pyridine rings is 1. The molecule has 0 aliphatic carbocycles. The fourth-order valence-electron chi connectivity index (χ4n) is 3.57. The number of hydrogen-bond donors (Lipinski definition) is 0. The lowest BCUT2D eigenvalue weighted by Crippen LogP contribution is -2.40. The second kappa shape index (κ2) is 5.96. The molecule has 0 radical (unpaired) electrons. The normalized spacial score (nSPS) is 20.7. The monoisotopic (exact) mass is 327 g/mol. The molecule has 2 aromatic rings. The van der Waals surface area contributed by atoms with Gasteiger partial charge in [-0.2, -0.15) is 0 Å². The molecule has 4 nitrogen and oxygen atoms in total. The molecule has 1 fully saturated rings. The minimum Gasteiger partial charge on any atom is -0.356 e. The molecule has 0 bridgehead atoms. The Morgan fingerprint density at radius 2 is 2.22 bits per heavy atom. The van der Waals surface area contributed by atoms with Gasteiger partial charge in [0.15, 0.2) is 0 Å². The highest BCUT2D eigenvalue weighted by molar-refractivity contribution is 7.10. The molecule has 2 aliphatic rings. The fraction of sp³-hybridized carbons (Fsp3) is 0.444. The van der Waals surface area contributed by atoms with Crippen molar-refractivity contribution in [3.05, 3.63) is 45.8 Å². The van der Waals surface area contributed by atoms with Gasteiger partial charge in [0.05, 0.1) is 5.92 Å². The van der Waals surface area contributed by atoms with Gasteiger partial charge in [-0.25, -0.2) is 4.98 Å². The second-order valence-corrected chi connectivity index (χ2v) is 7.45. The Labute approximate surface area is 140 Å². The number of thiophene rings is 1. The van der Waals surface area contributed by atoms with Gasteiger partial charge in [0.25, 0.3) is 0 Å². The fourth-order valence-corrected chi connectivity index (χ4v) is 4.46. The number of aryl methyl sites for hydroxylation is 1. The molecule has 1 saturated heterocycles.